The molecule has 0 aliphatic carbocycles. The van der Waals surface area contributed by atoms with E-state index in [1.165, 1.54) is 6.20 Å². The summed E-state index contributed by atoms with van der Waals surface area (Å²) in [5.41, 5.74) is -0.695. The van der Waals surface area contributed by atoms with E-state index in [9.17, 15) is 18.0 Å². The first-order valence-electron chi connectivity index (χ1n) is 8.01. The Bertz CT molecular complexity index is 569. The molecule has 1 aliphatic rings. The van der Waals surface area contributed by atoms with Crippen molar-refractivity contribution in [2.75, 3.05) is 31.1 Å². The zero-order valence-corrected chi connectivity index (χ0v) is 14.1. The van der Waals surface area contributed by atoms with Crippen molar-refractivity contribution in [3.63, 3.8) is 0 Å². The standard InChI is InChI=1S/C16H23F3N4O/c1-11(2)21-15(24)12(3)22-6-8-23(9-7-22)14-10-13(4-5-20-14)16(17,18)19/h4-5,10-12H,6-9H2,1-3H3,(H,21,24). The minimum Gasteiger partial charge on any atom is -0.354 e. The quantitative estimate of drug-likeness (QED) is 0.909. The zero-order chi connectivity index (χ0) is 17.9. The number of piperazine rings is 1. The minimum absolute atomic E-state index is 0.0318. The molecule has 1 aliphatic heterocycles. The van der Waals surface area contributed by atoms with Gasteiger partial charge in [-0.1, -0.05) is 0 Å². The summed E-state index contributed by atoms with van der Waals surface area (Å²) in [6.07, 6.45) is -3.19. The third-order valence-corrected chi connectivity index (χ3v) is 4.07. The van der Waals surface area contributed by atoms with Crippen molar-refractivity contribution in [2.24, 2.45) is 0 Å². The van der Waals surface area contributed by atoms with E-state index in [1.54, 1.807) is 0 Å². The van der Waals surface area contributed by atoms with Gasteiger partial charge in [-0.2, -0.15) is 13.2 Å². The Morgan fingerprint density at radius 1 is 1.21 bits per heavy atom. The number of alkyl halides is 3. The van der Waals surface area contributed by atoms with E-state index >= 15 is 0 Å². The summed E-state index contributed by atoms with van der Waals surface area (Å²) >= 11 is 0. The van der Waals surface area contributed by atoms with Crippen LogP contribution in [-0.4, -0.2) is 54.1 Å². The number of pyridine rings is 1. The molecule has 0 aromatic carbocycles. The fraction of sp³-hybridized carbons (Fsp3) is 0.625. The van der Waals surface area contributed by atoms with Crippen LogP contribution in [0.5, 0.6) is 0 Å². The van der Waals surface area contributed by atoms with E-state index in [2.05, 4.69) is 10.3 Å². The lowest BCUT2D eigenvalue weighted by molar-refractivity contribution is -0.137. The van der Waals surface area contributed by atoms with Gasteiger partial charge in [0.15, 0.2) is 0 Å². The Balaban J connectivity index is 1.97. The van der Waals surface area contributed by atoms with Gasteiger partial charge < -0.3 is 10.2 Å². The van der Waals surface area contributed by atoms with E-state index < -0.39 is 11.7 Å². The molecular weight excluding hydrogens is 321 g/mol. The Kier molecular flexibility index (Phi) is 5.69. The summed E-state index contributed by atoms with van der Waals surface area (Å²) in [4.78, 5) is 20.0. The van der Waals surface area contributed by atoms with Gasteiger partial charge in [-0.05, 0) is 32.9 Å². The van der Waals surface area contributed by atoms with Gasteiger partial charge in [0.1, 0.15) is 5.82 Å². The summed E-state index contributed by atoms with van der Waals surface area (Å²) in [6, 6.07) is 1.86. The lowest BCUT2D eigenvalue weighted by atomic mass is 10.2. The predicted molar refractivity (Wildman–Crippen MR) is 85.8 cm³/mol. The molecule has 5 nitrogen and oxygen atoms in total. The Hall–Kier alpha value is -1.83. The molecule has 0 bridgehead atoms. The van der Waals surface area contributed by atoms with Gasteiger partial charge in [0.25, 0.3) is 0 Å². The molecule has 8 heteroatoms. The molecule has 1 aromatic rings. The monoisotopic (exact) mass is 344 g/mol. The van der Waals surface area contributed by atoms with E-state index in [1.807, 2.05) is 30.6 Å². The van der Waals surface area contributed by atoms with Gasteiger partial charge in [0, 0.05) is 38.4 Å². The highest BCUT2D eigenvalue weighted by Gasteiger charge is 2.32. The minimum atomic E-state index is -4.37. The third kappa shape index (κ3) is 4.59. The SMILES string of the molecule is CC(C)NC(=O)C(C)N1CCN(c2cc(C(F)(F)F)ccn2)CC1. The number of hydrogen-bond donors (Lipinski definition) is 1. The fourth-order valence-corrected chi connectivity index (χ4v) is 2.68. The number of nitrogens with one attached hydrogen (secondary N) is 1. The van der Waals surface area contributed by atoms with Crippen molar-refractivity contribution in [3.8, 4) is 0 Å². The van der Waals surface area contributed by atoms with Crippen LogP contribution in [0.4, 0.5) is 19.0 Å². The van der Waals surface area contributed by atoms with Crippen LogP contribution < -0.4 is 10.2 Å². The van der Waals surface area contributed by atoms with Crippen molar-refractivity contribution >= 4 is 11.7 Å². The first-order valence-corrected chi connectivity index (χ1v) is 8.01. The number of halogens is 3. The largest absolute Gasteiger partial charge is 0.416 e. The smallest absolute Gasteiger partial charge is 0.354 e. The van der Waals surface area contributed by atoms with Crippen LogP contribution >= 0.6 is 0 Å². The Morgan fingerprint density at radius 3 is 2.38 bits per heavy atom. The van der Waals surface area contributed by atoms with Crippen molar-refractivity contribution in [2.45, 2.75) is 39.0 Å². The molecule has 1 aromatic heterocycles. The number of anilines is 1. The molecule has 24 heavy (non-hydrogen) atoms. The molecule has 134 valence electrons. The summed E-state index contributed by atoms with van der Waals surface area (Å²) in [7, 11) is 0. The van der Waals surface area contributed by atoms with Crippen LogP contribution in [0.25, 0.3) is 0 Å². The predicted octanol–water partition coefficient (Wildman–Crippen LogP) is 2.14. The van der Waals surface area contributed by atoms with E-state index in [0.717, 1.165) is 12.1 Å². The van der Waals surface area contributed by atoms with Gasteiger partial charge in [-0.25, -0.2) is 4.98 Å². The number of rotatable bonds is 4. The van der Waals surface area contributed by atoms with E-state index in [4.69, 9.17) is 0 Å². The molecule has 1 saturated heterocycles. The average Bonchev–Trinajstić information content (AvgIpc) is 2.53. The summed E-state index contributed by atoms with van der Waals surface area (Å²) in [6.45, 7) is 7.93. The van der Waals surface area contributed by atoms with Gasteiger partial charge in [0.05, 0.1) is 11.6 Å². The number of nitrogens with zero attached hydrogens (tertiary/aromatic N) is 3. The summed E-state index contributed by atoms with van der Waals surface area (Å²) in [5, 5.41) is 2.88. The van der Waals surface area contributed by atoms with Crippen LogP contribution in [0.15, 0.2) is 18.3 Å². The maximum atomic E-state index is 12.8. The van der Waals surface area contributed by atoms with Crippen LogP contribution in [0.1, 0.15) is 26.3 Å². The second kappa shape index (κ2) is 7.38. The molecule has 0 radical (unpaired) electrons. The molecule has 0 saturated carbocycles. The number of carbonyl (C=O) groups excluding carboxylic acids is 1. The summed E-state index contributed by atoms with van der Waals surface area (Å²) in [5.74, 6) is 0.291. The third-order valence-electron chi connectivity index (χ3n) is 4.07. The van der Waals surface area contributed by atoms with Crippen molar-refractivity contribution in [1.82, 2.24) is 15.2 Å². The first-order chi connectivity index (χ1) is 11.2. The second-order valence-electron chi connectivity index (χ2n) is 6.26. The highest BCUT2D eigenvalue weighted by Crippen LogP contribution is 2.30. The maximum absolute atomic E-state index is 12.8. The maximum Gasteiger partial charge on any atom is 0.416 e. The van der Waals surface area contributed by atoms with Crippen LogP contribution in [-0.2, 0) is 11.0 Å². The van der Waals surface area contributed by atoms with Gasteiger partial charge in [-0.15, -0.1) is 0 Å². The molecule has 1 unspecified atom stereocenters. The molecule has 1 fully saturated rings. The highest BCUT2D eigenvalue weighted by atomic mass is 19.4. The molecule has 2 heterocycles. The number of aromatic nitrogens is 1. The molecule has 1 amide bonds. The highest BCUT2D eigenvalue weighted by molar-refractivity contribution is 5.81. The van der Waals surface area contributed by atoms with Crippen LogP contribution in [0, 0.1) is 0 Å². The summed E-state index contributed by atoms with van der Waals surface area (Å²) < 4.78 is 38.4. The van der Waals surface area contributed by atoms with Crippen molar-refractivity contribution < 1.29 is 18.0 Å². The topological polar surface area (TPSA) is 48.5 Å². The number of hydrogen-bond acceptors (Lipinski definition) is 4. The lowest BCUT2D eigenvalue weighted by Crippen LogP contribution is -2.54. The van der Waals surface area contributed by atoms with E-state index in [0.29, 0.717) is 32.0 Å². The van der Waals surface area contributed by atoms with E-state index in [-0.39, 0.29) is 18.0 Å². The average molecular weight is 344 g/mol. The van der Waals surface area contributed by atoms with Gasteiger partial charge in [-0.3, -0.25) is 9.69 Å². The zero-order valence-electron chi connectivity index (χ0n) is 14.1. The molecular formula is C16H23F3N4O. The normalized spacial score (nSPS) is 17.9. The van der Waals surface area contributed by atoms with Crippen molar-refractivity contribution in [3.05, 3.63) is 23.9 Å². The molecule has 0 spiro atoms. The Labute approximate surface area is 139 Å². The first kappa shape index (κ1) is 18.5. The second-order valence-corrected chi connectivity index (χ2v) is 6.26. The van der Waals surface area contributed by atoms with Crippen molar-refractivity contribution in [1.29, 1.82) is 0 Å². The van der Waals surface area contributed by atoms with Gasteiger partial charge >= 0.3 is 6.18 Å². The number of carbonyl (C=O) groups is 1. The van der Waals surface area contributed by atoms with Gasteiger partial charge in [0.2, 0.25) is 5.91 Å². The Morgan fingerprint density at radius 2 is 1.83 bits per heavy atom. The van der Waals surface area contributed by atoms with Crippen LogP contribution in [0.2, 0.25) is 0 Å². The molecule has 2 rings (SSSR count). The number of amides is 1. The fourth-order valence-electron chi connectivity index (χ4n) is 2.68. The molecule has 1 N–H and O–H groups in total. The molecule has 1 atom stereocenters. The van der Waals surface area contributed by atoms with Crippen LogP contribution in [0.3, 0.4) is 0 Å². The lowest BCUT2D eigenvalue weighted by Gasteiger charge is -2.38.